The average Bonchev–Trinajstić information content (AvgIpc) is 3.87. The maximum atomic E-state index is 5.50. The summed E-state index contributed by atoms with van der Waals surface area (Å²) in [6.07, 6.45) is 3.62. The molecule has 270 valence electrons. The molecule has 58 heavy (non-hydrogen) atoms. The van der Waals surface area contributed by atoms with E-state index in [1.165, 1.54) is 10.8 Å². The first-order chi connectivity index (χ1) is 28.8. The van der Waals surface area contributed by atoms with Crippen LogP contribution < -0.4 is 0 Å². The Bertz CT molecular complexity index is 3440. The lowest BCUT2D eigenvalue weighted by atomic mass is 10.1. The zero-order chi connectivity index (χ0) is 38.2. The van der Waals surface area contributed by atoms with E-state index in [1.807, 2.05) is 48.8 Å². The lowest BCUT2D eigenvalue weighted by Crippen LogP contribution is -2.06. The highest BCUT2D eigenvalue weighted by Gasteiger charge is 2.23. The second-order valence-electron chi connectivity index (χ2n) is 14.4. The summed E-state index contributed by atoms with van der Waals surface area (Å²) in [5.74, 6) is 1.63. The van der Waals surface area contributed by atoms with Gasteiger partial charge in [0.2, 0.25) is 5.95 Å². The molecule has 6 aromatic heterocycles. The Balaban J connectivity index is 1.14. The van der Waals surface area contributed by atoms with Gasteiger partial charge in [-0.3, -0.25) is 18.9 Å². The molecule has 12 rings (SSSR count). The number of hydrogen-bond acceptors (Lipinski definition) is 6. The van der Waals surface area contributed by atoms with Crippen molar-refractivity contribution in [3.05, 3.63) is 182 Å². The van der Waals surface area contributed by atoms with Crippen molar-refractivity contribution >= 4 is 60.2 Å². The summed E-state index contributed by atoms with van der Waals surface area (Å²) in [5, 5.41) is 5.62. The third kappa shape index (κ3) is 4.95. The lowest BCUT2D eigenvalue weighted by molar-refractivity contribution is 0.954. The maximum absolute atomic E-state index is 5.50. The Morgan fingerprint density at radius 1 is 0.345 bits per heavy atom. The molecule has 0 N–H and O–H groups in total. The van der Waals surface area contributed by atoms with Gasteiger partial charge < -0.3 is 0 Å². The van der Waals surface area contributed by atoms with Crippen molar-refractivity contribution in [1.29, 1.82) is 0 Å². The fourth-order valence-corrected chi connectivity index (χ4v) is 8.40. The summed E-state index contributed by atoms with van der Waals surface area (Å²) in [7, 11) is 0. The highest BCUT2D eigenvalue weighted by Crippen LogP contribution is 2.39. The lowest BCUT2D eigenvalue weighted by Gasteiger charge is -2.12. The molecule has 8 heteroatoms. The average molecular weight is 743 g/mol. The molecule has 0 fully saturated rings. The molecule has 0 spiro atoms. The van der Waals surface area contributed by atoms with Crippen LogP contribution in [0.1, 0.15) is 0 Å². The second-order valence-corrected chi connectivity index (χ2v) is 14.4. The van der Waals surface area contributed by atoms with E-state index < -0.39 is 0 Å². The number of para-hydroxylation sites is 2. The maximum Gasteiger partial charge on any atom is 0.238 e. The minimum Gasteiger partial charge on any atom is -0.292 e. The Kier molecular flexibility index (Phi) is 7.06. The number of benzene rings is 6. The van der Waals surface area contributed by atoms with Crippen molar-refractivity contribution in [2.45, 2.75) is 0 Å². The van der Waals surface area contributed by atoms with E-state index in [9.17, 15) is 0 Å². The number of imidazole rings is 1. The van der Waals surface area contributed by atoms with Crippen LogP contribution in [0.2, 0.25) is 0 Å². The van der Waals surface area contributed by atoms with Gasteiger partial charge in [0.1, 0.15) is 11.2 Å². The van der Waals surface area contributed by atoms with Gasteiger partial charge in [0.05, 0.1) is 33.5 Å². The minimum atomic E-state index is 0.507. The fraction of sp³-hybridized carbons (Fsp3) is 0. The molecule has 0 aliphatic carbocycles. The second kappa shape index (κ2) is 12.7. The van der Waals surface area contributed by atoms with Crippen LogP contribution >= 0.6 is 0 Å². The molecule has 0 amide bonds. The van der Waals surface area contributed by atoms with Gasteiger partial charge in [-0.25, -0.2) is 9.97 Å². The third-order valence-electron chi connectivity index (χ3n) is 11.1. The molecule has 0 aliphatic rings. The molecule has 0 saturated carbocycles. The Morgan fingerprint density at radius 3 is 1.47 bits per heavy atom. The van der Waals surface area contributed by atoms with Gasteiger partial charge in [0, 0.05) is 56.2 Å². The van der Waals surface area contributed by atoms with Crippen LogP contribution in [0.4, 0.5) is 0 Å². The molecule has 0 bridgehead atoms. The predicted octanol–water partition coefficient (Wildman–Crippen LogP) is 11.5. The number of fused-ring (bicyclic) bond motifs is 12. The van der Waals surface area contributed by atoms with Gasteiger partial charge >= 0.3 is 0 Å². The number of hydrogen-bond donors (Lipinski definition) is 0. The summed E-state index contributed by atoms with van der Waals surface area (Å²) in [6.45, 7) is 0. The van der Waals surface area contributed by atoms with Crippen molar-refractivity contribution in [3.8, 4) is 51.2 Å². The molecule has 8 nitrogen and oxygen atoms in total. The van der Waals surface area contributed by atoms with Gasteiger partial charge in [-0.05, 0) is 53.9 Å². The Hall–Kier alpha value is -8.10. The van der Waals surface area contributed by atoms with Gasteiger partial charge in [-0.1, -0.05) is 121 Å². The molecule has 0 atom stereocenters. The van der Waals surface area contributed by atoms with E-state index >= 15 is 0 Å². The molecular formula is C50H30N8. The van der Waals surface area contributed by atoms with Crippen molar-refractivity contribution in [2.75, 3.05) is 0 Å². The van der Waals surface area contributed by atoms with E-state index in [4.69, 9.17) is 19.9 Å². The van der Waals surface area contributed by atoms with Crippen LogP contribution in [0, 0.1) is 0 Å². The van der Waals surface area contributed by atoms with Crippen molar-refractivity contribution < 1.29 is 0 Å². The van der Waals surface area contributed by atoms with Gasteiger partial charge in [-0.2, -0.15) is 9.97 Å². The highest BCUT2D eigenvalue weighted by molar-refractivity contribution is 6.20. The van der Waals surface area contributed by atoms with Gasteiger partial charge in [0.15, 0.2) is 11.6 Å². The highest BCUT2D eigenvalue weighted by atomic mass is 15.2. The molecule has 0 radical (unpaired) electrons. The van der Waals surface area contributed by atoms with Crippen LogP contribution in [-0.4, -0.2) is 38.9 Å². The van der Waals surface area contributed by atoms with Crippen molar-refractivity contribution in [1.82, 2.24) is 38.9 Å². The van der Waals surface area contributed by atoms with E-state index in [0.717, 1.165) is 83.0 Å². The molecule has 0 aliphatic heterocycles. The summed E-state index contributed by atoms with van der Waals surface area (Å²) >= 11 is 0. The largest absolute Gasteiger partial charge is 0.292 e. The smallest absolute Gasteiger partial charge is 0.238 e. The molecule has 0 unspecified atom stereocenters. The minimum absolute atomic E-state index is 0.507. The zero-order valence-corrected chi connectivity index (χ0v) is 30.9. The summed E-state index contributed by atoms with van der Waals surface area (Å²) in [6, 6.07) is 58.3. The van der Waals surface area contributed by atoms with Crippen LogP contribution in [0.5, 0.6) is 0 Å². The molecule has 6 aromatic carbocycles. The summed E-state index contributed by atoms with van der Waals surface area (Å²) in [4.78, 5) is 30.3. The normalized spacial score (nSPS) is 11.8. The first-order valence-corrected chi connectivity index (χ1v) is 19.2. The standard InChI is InChI=1S/C50H30N8/c1-2-14-39-35(11-1)36-12-3-5-17-42(36)57-44-28-27-38-37-13-4-6-18-43(37)58(46(38)45(44)53-49(39)57)50-55-47(33-23-19-31(20-24-33)40-15-7-9-29-51-40)54-48(56-50)34-25-21-32(22-26-34)41-16-8-10-30-52-41/h1-30H. The molecule has 12 aromatic rings. The number of aromatic nitrogens is 8. The summed E-state index contributed by atoms with van der Waals surface area (Å²) < 4.78 is 4.47. The van der Waals surface area contributed by atoms with Crippen LogP contribution in [-0.2, 0) is 0 Å². The van der Waals surface area contributed by atoms with Gasteiger partial charge in [-0.15, -0.1) is 0 Å². The number of pyridine rings is 3. The SMILES string of the molecule is c1ccc(-c2ccc(-c3nc(-c4ccc(-c5ccccn5)cc4)nc(-n4c5ccccc5c5ccc6c(nc7c8ccccc8c8ccccc8n67)c54)n3)cc2)nc1. The van der Waals surface area contributed by atoms with E-state index in [0.29, 0.717) is 17.6 Å². The Morgan fingerprint density at radius 2 is 0.862 bits per heavy atom. The monoisotopic (exact) mass is 742 g/mol. The predicted molar refractivity (Wildman–Crippen MR) is 233 cm³/mol. The van der Waals surface area contributed by atoms with E-state index in [-0.39, 0.29) is 0 Å². The molecule has 6 heterocycles. The van der Waals surface area contributed by atoms with E-state index in [2.05, 4.69) is 152 Å². The summed E-state index contributed by atoms with van der Waals surface area (Å²) in [5.41, 5.74) is 11.4. The number of nitrogens with zero attached hydrogens (tertiary/aromatic N) is 8. The molecular weight excluding hydrogens is 713 g/mol. The van der Waals surface area contributed by atoms with Crippen LogP contribution in [0.25, 0.3) is 111 Å². The van der Waals surface area contributed by atoms with Crippen molar-refractivity contribution in [3.63, 3.8) is 0 Å². The van der Waals surface area contributed by atoms with Crippen LogP contribution in [0.15, 0.2) is 182 Å². The first-order valence-electron chi connectivity index (χ1n) is 19.2. The quantitative estimate of drug-likeness (QED) is 0.163. The first kappa shape index (κ1) is 32.2. The fourth-order valence-electron chi connectivity index (χ4n) is 8.40. The topological polar surface area (TPSA) is 86.7 Å². The molecule has 0 saturated heterocycles. The van der Waals surface area contributed by atoms with E-state index in [1.54, 1.807) is 0 Å². The third-order valence-corrected chi connectivity index (χ3v) is 11.1. The zero-order valence-electron chi connectivity index (χ0n) is 30.9. The van der Waals surface area contributed by atoms with Gasteiger partial charge in [0.25, 0.3) is 0 Å². The van der Waals surface area contributed by atoms with Crippen LogP contribution in [0.3, 0.4) is 0 Å². The van der Waals surface area contributed by atoms with Crippen molar-refractivity contribution in [2.24, 2.45) is 0 Å². The number of rotatable bonds is 5. The Labute approximate surface area is 331 Å².